The predicted octanol–water partition coefficient (Wildman–Crippen LogP) is 2.92. The molecule has 1 aromatic rings. The van der Waals surface area contributed by atoms with E-state index in [-0.39, 0.29) is 0 Å². The molecular weight excluding hydrogens is 236 g/mol. The highest BCUT2D eigenvalue weighted by molar-refractivity contribution is 5.36. The summed E-state index contributed by atoms with van der Waals surface area (Å²) in [7, 11) is 0. The summed E-state index contributed by atoms with van der Waals surface area (Å²) in [5, 5.41) is 3.29. The summed E-state index contributed by atoms with van der Waals surface area (Å²) in [6.07, 6.45) is 0.917. The van der Waals surface area contributed by atoms with Gasteiger partial charge in [-0.15, -0.1) is 0 Å². The van der Waals surface area contributed by atoms with Crippen LogP contribution < -0.4 is 5.32 Å². The van der Waals surface area contributed by atoms with E-state index in [4.69, 9.17) is 0 Å². The molecule has 1 aromatic heterocycles. The van der Waals surface area contributed by atoms with Gasteiger partial charge >= 0.3 is 0 Å². The monoisotopic (exact) mass is 264 g/mol. The fourth-order valence-electron chi connectivity index (χ4n) is 1.99. The Morgan fingerprint density at radius 1 is 1.16 bits per heavy atom. The molecule has 108 valence electrons. The van der Waals surface area contributed by atoms with Crippen molar-refractivity contribution in [1.29, 1.82) is 0 Å². The Balaban J connectivity index is 2.80. The van der Waals surface area contributed by atoms with Gasteiger partial charge in [-0.2, -0.15) is 0 Å². The van der Waals surface area contributed by atoms with Crippen LogP contribution in [-0.4, -0.2) is 41.0 Å². The molecule has 0 radical (unpaired) electrons. The summed E-state index contributed by atoms with van der Waals surface area (Å²) in [4.78, 5) is 11.7. The van der Waals surface area contributed by atoms with E-state index in [1.54, 1.807) is 0 Å². The number of nitrogens with one attached hydrogen (secondary N) is 1. The van der Waals surface area contributed by atoms with Crippen LogP contribution in [0.3, 0.4) is 0 Å². The third-order valence-corrected chi connectivity index (χ3v) is 3.29. The predicted molar refractivity (Wildman–Crippen MR) is 81.8 cm³/mol. The molecule has 4 nitrogen and oxygen atoms in total. The molecule has 4 heteroatoms. The molecule has 0 aliphatic heterocycles. The van der Waals surface area contributed by atoms with Crippen LogP contribution in [0.1, 0.15) is 52.1 Å². The lowest BCUT2D eigenvalue weighted by atomic mass is 10.1. The van der Waals surface area contributed by atoms with Gasteiger partial charge < -0.3 is 10.2 Å². The second-order valence-electron chi connectivity index (χ2n) is 5.06. The molecule has 0 amide bonds. The summed E-state index contributed by atoms with van der Waals surface area (Å²) in [5.41, 5.74) is 1.13. The van der Waals surface area contributed by atoms with E-state index in [0.717, 1.165) is 49.9 Å². The van der Waals surface area contributed by atoms with Crippen LogP contribution in [0.15, 0.2) is 6.07 Å². The second-order valence-corrected chi connectivity index (χ2v) is 5.06. The molecule has 0 saturated carbocycles. The first-order valence-electron chi connectivity index (χ1n) is 7.44. The maximum atomic E-state index is 4.68. The van der Waals surface area contributed by atoms with E-state index in [1.165, 1.54) is 0 Å². The zero-order valence-electron chi connectivity index (χ0n) is 13.0. The summed E-state index contributed by atoms with van der Waals surface area (Å²) in [6.45, 7) is 14.9. The molecule has 1 heterocycles. The third kappa shape index (κ3) is 5.15. The molecule has 1 N–H and O–H groups in total. The van der Waals surface area contributed by atoms with Crippen LogP contribution in [-0.2, 0) is 6.42 Å². The summed E-state index contributed by atoms with van der Waals surface area (Å²) >= 11 is 0. The van der Waals surface area contributed by atoms with Crippen LogP contribution in [0.25, 0.3) is 0 Å². The van der Waals surface area contributed by atoms with E-state index in [0.29, 0.717) is 5.92 Å². The van der Waals surface area contributed by atoms with E-state index in [1.807, 2.05) is 0 Å². The zero-order chi connectivity index (χ0) is 14.3. The minimum absolute atomic E-state index is 0.438. The number of rotatable bonds is 8. The molecule has 0 unspecified atom stereocenters. The molecule has 0 aliphatic carbocycles. The number of hydrogen-bond acceptors (Lipinski definition) is 4. The average molecular weight is 264 g/mol. The molecule has 0 fully saturated rings. The number of likely N-dealkylation sites (N-methyl/N-ethyl adjacent to an activating group) is 1. The fraction of sp³-hybridized carbons (Fsp3) is 0.733. The normalized spacial score (nSPS) is 11.3. The lowest BCUT2D eigenvalue weighted by Gasteiger charge is -2.18. The zero-order valence-corrected chi connectivity index (χ0v) is 13.0. The number of nitrogens with zero attached hydrogens (tertiary/aromatic N) is 3. The molecule has 0 aliphatic rings. The lowest BCUT2D eigenvalue weighted by Crippen LogP contribution is -2.26. The van der Waals surface area contributed by atoms with Gasteiger partial charge in [0.15, 0.2) is 0 Å². The maximum absolute atomic E-state index is 4.68. The lowest BCUT2D eigenvalue weighted by molar-refractivity contribution is 0.305. The van der Waals surface area contributed by atoms with Crippen LogP contribution in [0.5, 0.6) is 0 Å². The largest absolute Gasteiger partial charge is 0.370 e. The van der Waals surface area contributed by atoms with Crippen molar-refractivity contribution in [2.24, 2.45) is 0 Å². The first-order chi connectivity index (χ1) is 9.10. The van der Waals surface area contributed by atoms with Crippen molar-refractivity contribution in [3.63, 3.8) is 0 Å². The van der Waals surface area contributed by atoms with Gasteiger partial charge in [-0.25, -0.2) is 9.97 Å². The first kappa shape index (κ1) is 15.9. The molecule has 0 atom stereocenters. The minimum atomic E-state index is 0.438. The van der Waals surface area contributed by atoms with Gasteiger partial charge in [0.2, 0.25) is 0 Å². The van der Waals surface area contributed by atoms with Crippen molar-refractivity contribution in [2.45, 2.75) is 47.0 Å². The molecule has 19 heavy (non-hydrogen) atoms. The topological polar surface area (TPSA) is 41.1 Å². The van der Waals surface area contributed by atoms with Crippen LogP contribution in [0.4, 0.5) is 5.82 Å². The number of hydrogen-bond donors (Lipinski definition) is 1. The average Bonchev–Trinajstić information content (AvgIpc) is 2.40. The first-order valence-corrected chi connectivity index (χ1v) is 7.44. The van der Waals surface area contributed by atoms with E-state index >= 15 is 0 Å². The van der Waals surface area contributed by atoms with Crippen molar-refractivity contribution < 1.29 is 0 Å². The summed E-state index contributed by atoms with van der Waals surface area (Å²) in [6, 6.07) is 2.06. The molecule has 0 spiro atoms. The minimum Gasteiger partial charge on any atom is -0.370 e. The van der Waals surface area contributed by atoms with Crippen LogP contribution >= 0.6 is 0 Å². The second kappa shape index (κ2) is 8.10. The molecule has 1 rings (SSSR count). The Labute approximate surface area is 117 Å². The number of anilines is 1. The highest BCUT2D eigenvalue weighted by Crippen LogP contribution is 2.15. The van der Waals surface area contributed by atoms with E-state index in [2.05, 4.69) is 60.9 Å². The number of aromatic nitrogens is 2. The Morgan fingerprint density at radius 3 is 2.37 bits per heavy atom. The van der Waals surface area contributed by atoms with Gasteiger partial charge in [0.25, 0.3) is 0 Å². The molecule has 0 aromatic carbocycles. The van der Waals surface area contributed by atoms with Gasteiger partial charge in [0.1, 0.15) is 11.6 Å². The van der Waals surface area contributed by atoms with Crippen molar-refractivity contribution in [3.05, 3.63) is 17.6 Å². The van der Waals surface area contributed by atoms with Crippen molar-refractivity contribution in [2.75, 3.05) is 31.5 Å². The highest BCUT2D eigenvalue weighted by atomic mass is 15.1. The summed E-state index contributed by atoms with van der Waals surface area (Å²) < 4.78 is 0. The van der Waals surface area contributed by atoms with Gasteiger partial charge in [-0.05, 0) is 25.9 Å². The Bertz CT molecular complexity index is 372. The Kier molecular flexibility index (Phi) is 6.78. The third-order valence-electron chi connectivity index (χ3n) is 3.29. The van der Waals surface area contributed by atoms with Crippen LogP contribution in [0, 0.1) is 0 Å². The smallest absolute Gasteiger partial charge is 0.132 e. The van der Waals surface area contributed by atoms with Gasteiger partial charge in [0.05, 0.1) is 0 Å². The Morgan fingerprint density at radius 2 is 1.84 bits per heavy atom. The quantitative estimate of drug-likeness (QED) is 0.784. The highest BCUT2D eigenvalue weighted by Gasteiger charge is 2.08. The van der Waals surface area contributed by atoms with Crippen molar-refractivity contribution >= 4 is 5.82 Å². The van der Waals surface area contributed by atoms with Crippen molar-refractivity contribution in [3.8, 4) is 0 Å². The van der Waals surface area contributed by atoms with Gasteiger partial charge in [-0.3, -0.25) is 0 Å². The van der Waals surface area contributed by atoms with Crippen LogP contribution in [0.2, 0.25) is 0 Å². The fourth-order valence-corrected chi connectivity index (χ4v) is 1.99. The molecule has 0 bridgehead atoms. The SMILES string of the molecule is CCNc1cc(C(C)C)nc(CCN(CC)CC)n1. The maximum Gasteiger partial charge on any atom is 0.132 e. The van der Waals surface area contributed by atoms with Crippen molar-refractivity contribution in [1.82, 2.24) is 14.9 Å². The van der Waals surface area contributed by atoms with Gasteiger partial charge in [-0.1, -0.05) is 27.7 Å². The molecule has 0 saturated heterocycles. The Hall–Kier alpha value is -1.16. The van der Waals surface area contributed by atoms with Gasteiger partial charge in [0, 0.05) is 31.3 Å². The summed E-state index contributed by atoms with van der Waals surface area (Å²) in [5.74, 6) is 2.34. The standard InChI is InChI=1S/C15H28N4/c1-6-16-15-11-13(12(4)5)17-14(18-15)9-10-19(7-2)8-3/h11-12H,6-10H2,1-5H3,(H,16,17,18). The molecular formula is C15H28N4. The van der Waals surface area contributed by atoms with E-state index < -0.39 is 0 Å². The van der Waals surface area contributed by atoms with E-state index in [9.17, 15) is 0 Å².